The largest absolute Gasteiger partial charge is 0.393 e. The Morgan fingerprint density at radius 2 is 1.83 bits per heavy atom. The molecule has 0 spiro atoms. The summed E-state index contributed by atoms with van der Waals surface area (Å²) < 4.78 is 0. The topological polar surface area (TPSA) is 81.7 Å². The van der Waals surface area contributed by atoms with Crippen molar-refractivity contribution in [2.75, 3.05) is 25.0 Å². The van der Waals surface area contributed by atoms with Gasteiger partial charge in [-0.2, -0.15) is 0 Å². The number of aryl methyl sites for hydroxylation is 2. The number of anilines is 1. The van der Waals surface area contributed by atoms with Gasteiger partial charge in [-0.25, -0.2) is 0 Å². The van der Waals surface area contributed by atoms with Crippen LogP contribution in [0.15, 0.2) is 18.2 Å². The molecular weight excluding hydrogens is 306 g/mol. The number of carbonyl (C=O) groups excluding carboxylic acids is 2. The highest BCUT2D eigenvalue weighted by Gasteiger charge is 2.25. The van der Waals surface area contributed by atoms with E-state index < -0.39 is 0 Å². The van der Waals surface area contributed by atoms with Crippen LogP contribution in [0.1, 0.15) is 30.9 Å². The fourth-order valence-electron chi connectivity index (χ4n) is 2.95. The number of amides is 2. The van der Waals surface area contributed by atoms with E-state index in [-0.39, 0.29) is 30.5 Å². The van der Waals surface area contributed by atoms with Crippen molar-refractivity contribution in [3.05, 3.63) is 29.3 Å². The van der Waals surface area contributed by atoms with Crippen LogP contribution in [-0.4, -0.2) is 53.6 Å². The summed E-state index contributed by atoms with van der Waals surface area (Å²) >= 11 is 0. The van der Waals surface area contributed by atoms with E-state index in [1.807, 2.05) is 43.9 Å². The van der Waals surface area contributed by atoms with Crippen molar-refractivity contribution in [1.82, 2.24) is 10.2 Å². The van der Waals surface area contributed by atoms with Gasteiger partial charge in [0, 0.05) is 18.8 Å². The molecule has 0 bridgehead atoms. The molecule has 0 saturated carbocycles. The van der Waals surface area contributed by atoms with Gasteiger partial charge in [0.1, 0.15) is 0 Å². The van der Waals surface area contributed by atoms with E-state index in [0.717, 1.165) is 16.8 Å². The lowest BCUT2D eigenvalue weighted by atomic mass is 10.1. The van der Waals surface area contributed by atoms with Gasteiger partial charge in [-0.15, -0.1) is 0 Å². The molecule has 1 saturated heterocycles. The summed E-state index contributed by atoms with van der Waals surface area (Å²) in [5.41, 5.74) is 2.79. The molecular formula is C18H27N3O3. The minimum Gasteiger partial charge on any atom is -0.393 e. The lowest BCUT2D eigenvalue weighted by Gasteiger charge is -2.33. The van der Waals surface area contributed by atoms with Gasteiger partial charge in [-0.05, 0) is 44.7 Å². The first-order valence-electron chi connectivity index (χ1n) is 8.44. The Morgan fingerprint density at radius 3 is 2.42 bits per heavy atom. The zero-order valence-electron chi connectivity index (χ0n) is 14.6. The number of benzene rings is 1. The first-order valence-corrected chi connectivity index (χ1v) is 8.44. The minimum atomic E-state index is -0.300. The number of hydrogen-bond acceptors (Lipinski definition) is 4. The number of para-hydroxylation sites is 1. The smallest absolute Gasteiger partial charge is 0.243 e. The highest BCUT2D eigenvalue weighted by Crippen LogP contribution is 2.19. The summed E-state index contributed by atoms with van der Waals surface area (Å²) in [5.74, 6) is -0.398. The van der Waals surface area contributed by atoms with Gasteiger partial charge in [0.25, 0.3) is 0 Å². The van der Waals surface area contributed by atoms with Gasteiger partial charge in [0.05, 0.1) is 18.7 Å². The van der Waals surface area contributed by atoms with Crippen molar-refractivity contribution in [2.24, 2.45) is 0 Å². The molecule has 1 fully saturated rings. The van der Waals surface area contributed by atoms with Crippen LogP contribution in [-0.2, 0) is 9.59 Å². The van der Waals surface area contributed by atoms with Gasteiger partial charge in [0.15, 0.2) is 0 Å². The minimum absolute atomic E-state index is 0.0482. The summed E-state index contributed by atoms with van der Waals surface area (Å²) in [6.07, 6.45) is 1.11. The van der Waals surface area contributed by atoms with Crippen molar-refractivity contribution < 1.29 is 14.7 Å². The average Bonchev–Trinajstić information content (AvgIpc) is 2.56. The quantitative estimate of drug-likeness (QED) is 0.756. The van der Waals surface area contributed by atoms with Crippen LogP contribution in [0.5, 0.6) is 0 Å². The van der Waals surface area contributed by atoms with Gasteiger partial charge >= 0.3 is 0 Å². The van der Waals surface area contributed by atoms with Crippen LogP contribution >= 0.6 is 0 Å². The molecule has 0 unspecified atom stereocenters. The summed E-state index contributed by atoms with van der Waals surface area (Å²) in [7, 11) is 0. The Labute approximate surface area is 143 Å². The normalized spacial score (nSPS) is 17.3. The van der Waals surface area contributed by atoms with E-state index in [0.29, 0.717) is 25.9 Å². The third-order valence-electron chi connectivity index (χ3n) is 4.59. The first-order chi connectivity index (χ1) is 11.4. The average molecular weight is 333 g/mol. The molecule has 1 atom stereocenters. The highest BCUT2D eigenvalue weighted by atomic mass is 16.3. The standard InChI is InChI=1S/C18H27N3O3/c1-12-5-4-6-13(2)17(12)20-16(23)11-19-18(24)14(3)21-9-7-15(22)8-10-21/h4-6,14-15,22H,7-11H2,1-3H3,(H,19,24)(H,20,23)/t14-/m1/s1. The molecule has 1 aliphatic heterocycles. The van der Waals surface area contributed by atoms with Gasteiger partial charge < -0.3 is 15.7 Å². The van der Waals surface area contributed by atoms with Crippen LogP contribution in [0.4, 0.5) is 5.69 Å². The Balaban J connectivity index is 1.81. The molecule has 1 heterocycles. The molecule has 24 heavy (non-hydrogen) atoms. The van der Waals surface area contributed by atoms with E-state index in [2.05, 4.69) is 10.6 Å². The molecule has 2 rings (SSSR count). The maximum atomic E-state index is 12.2. The molecule has 0 aromatic heterocycles. The molecule has 1 aromatic rings. The van der Waals surface area contributed by atoms with Crippen molar-refractivity contribution in [1.29, 1.82) is 0 Å². The highest BCUT2D eigenvalue weighted by molar-refractivity contribution is 5.96. The molecule has 0 radical (unpaired) electrons. The Hall–Kier alpha value is -1.92. The van der Waals surface area contributed by atoms with Crippen molar-refractivity contribution in [3.8, 4) is 0 Å². The molecule has 1 aliphatic rings. The van der Waals surface area contributed by atoms with E-state index in [9.17, 15) is 14.7 Å². The summed E-state index contributed by atoms with van der Waals surface area (Å²) in [4.78, 5) is 26.3. The maximum Gasteiger partial charge on any atom is 0.243 e. The molecule has 1 aromatic carbocycles. The second-order valence-corrected chi connectivity index (χ2v) is 6.48. The molecule has 3 N–H and O–H groups in total. The van der Waals surface area contributed by atoms with Gasteiger partial charge in [-0.1, -0.05) is 18.2 Å². The monoisotopic (exact) mass is 333 g/mol. The number of likely N-dealkylation sites (tertiary alicyclic amines) is 1. The van der Waals surface area contributed by atoms with E-state index in [4.69, 9.17) is 0 Å². The predicted octanol–water partition coefficient (Wildman–Crippen LogP) is 1.20. The third kappa shape index (κ3) is 4.79. The number of aliphatic hydroxyl groups excluding tert-OH is 1. The summed E-state index contributed by atoms with van der Waals surface area (Å²) in [6.45, 7) is 7.06. The molecule has 0 aliphatic carbocycles. The Bertz CT molecular complexity index is 575. The second-order valence-electron chi connectivity index (χ2n) is 6.48. The first kappa shape index (κ1) is 18.4. The maximum absolute atomic E-state index is 12.2. The molecule has 6 heteroatoms. The van der Waals surface area contributed by atoms with Crippen LogP contribution in [0.2, 0.25) is 0 Å². The Morgan fingerprint density at radius 1 is 1.25 bits per heavy atom. The van der Waals surface area contributed by atoms with Gasteiger partial charge in [0.2, 0.25) is 11.8 Å². The number of aliphatic hydroxyl groups is 1. The van der Waals surface area contributed by atoms with Crippen molar-refractivity contribution in [2.45, 2.75) is 45.8 Å². The van der Waals surface area contributed by atoms with Crippen LogP contribution < -0.4 is 10.6 Å². The third-order valence-corrected chi connectivity index (χ3v) is 4.59. The summed E-state index contributed by atoms with van der Waals surface area (Å²) in [5, 5.41) is 15.1. The molecule has 6 nitrogen and oxygen atoms in total. The number of carbonyl (C=O) groups is 2. The number of nitrogens with one attached hydrogen (secondary N) is 2. The lowest BCUT2D eigenvalue weighted by molar-refractivity contribution is -0.128. The van der Waals surface area contributed by atoms with E-state index in [1.54, 1.807) is 0 Å². The Kier molecular flexibility index (Phi) is 6.34. The predicted molar refractivity (Wildman–Crippen MR) is 93.8 cm³/mol. The van der Waals surface area contributed by atoms with Crippen LogP contribution in [0, 0.1) is 13.8 Å². The van der Waals surface area contributed by atoms with E-state index in [1.165, 1.54) is 0 Å². The number of hydrogen-bond donors (Lipinski definition) is 3. The molecule has 132 valence electrons. The van der Waals surface area contributed by atoms with Crippen LogP contribution in [0.25, 0.3) is 0 Å². The van der Waals surface area contributed by atoms with E-state index >= 15 is 0 Å². The number of nitrogens with zero attached hydrogens (tertiary/aromatic N) is 1. The zero-order valence-corrected chi connectivity index (χ0v) is 14.6. The van der Waals surface area contributed by atoms with Crippen LogP contribution in [0.3, 0.4) is 0 Å². The fourth-order valence-corrected chi connectivity index (χ4v) is 2.95. The second kappa shape index (κ2) is 8.26. The van der Waals surface area contributed by atoms with Crippen molar-refractivity contribution in [3.63, 3.8) is 0 Å². The zero-order chi connectivity index (χ0) is 17.7. The summed E-state index contributed by atoms with van der Waals surface area (Å²) in [6, 6.07) is 5.52. The number of rotatable bonds is 5. The van der Waals surface area contributed by atoms with Crippen molar-refractivity contribution >= 4 is 17.5 Å². The fraction of sp³-hybridized carbons (Fsp3) is 0.556. The van der Waals surface area contributed by atoms with Gasteiger partial charge in [-0.3, -0.25) is 14.5 Å². The lowest BCUT2D eigenvalue weighted by Crippen LogP contribution is -2.50. The number of piperidine rings is 1. The SMILES string of the molecule is Cc1cccc(C)c1NC(=O)CNC(=O)[C@@H](C)N1CCC(O)CC1. The molecule has 2 amide bonds.